The molecule has 3 nitrogen and oxygen atoms in total. The number of hydrogen-bond acceptors (Lipinski definition) is 1. The molecule has 5 heteroatoms. The number of nitrogens with one attached hydrogen (secondary N) is 2. The van der Waals surface area contributed by atoms with Crippen LogP contribution in [0, 0.1) is 11.6 Å². The second kappa shape index (κ2) is 5.36. The molecular formula is C16H12F2N2O. The van der Waals surface area contributed by atoms with E-state index in [1.165, 1.54) is 12.1 Å². The molecule has 0 aliphatic heterocycles. The molecule has 0 aliphatic carbocycles. The quantitative estimate of drug-likeness (QED) is 0.761. The summed E-state index contributed by atoms with van der Waals surface area (Å²) >= 11 is 0. The average Bonchev–Trinajstić information content (AvgIpc) is 2.91. The fourth-order valence-electron chi connectivity index (χ4n) is 2.19. The van der Waals surface area contributed by atoms with E-state index in [-0.39, 0.29) is 12.5 Å². The maximum atomic E-state index is 13.1. The normalized spacial score (nSPS) is 10.8. The van der Waals surface area contributed by atoms with E-state index in [0.717, 1.165) is 17.0 Å². The minimum Gasteiger partial charge on any atom is -0.361 e. The van der Waals surface area contributed by atoms with Crippen LogP contribution in [0.5, 0.6) is 0 Å². The SMILES string of the molecule is O=C(NCc1cc(F)cc(F)c1)c1ccc2cc[nH]c2c1. The first-order valence-corrected chi connectivity index (χ1v) is 6.42. The Morgan fingerprint density at radius 1 is 1.05 bits per heavy atom. The van der Waals surface area contributed by atoms with Gasteiger partial charge in [-0.25, -0.2) is 8.78 Å². The minimum absolute atomic E-state index is 0.0658. The number of carbonyl (C=O) groups excluding carboxylic acids is 1. The predicted octanol–water partition coefficient (Wildman–Crippen LogP) is 3.38. The fourth-order valence-corrected chi connectivity index (χ4v) is 2.19. The Labute approximate surface area is 119 Å². The molecule has 0 spiro atoms. The zero-order chi connectivity index (χ0) is 14.8. The molecule has 0 saturated carbocycles. The molecule has 0 aliphatic rings. The van der Waals surface area contributed by atoms with E-state index in [1.54, 1.807) is 18.3 Å². The van der Waals surface area contributed by atoms with Crippen molar-refractivity contribution in [2.75, 3.05) is 0 Å². The molecule has 2 aromatic carbocycles. The molecule has 1 amide bonds. The number of fused-ring (bicyclic) bond motifs is 1. The molecule has 0 bridgehead atoms. The smallest absolute Gasteiger partial charge is 0.251 e. The summed E-state index contributed by atoms with van der Waals surface area (Å²) in [6.45, 7) is 0.0658. The third kappa shape index (κ3) is 2.91. The molecule has 0 unspecified atom stereocenters. The average molecular weight is 286 g/mol. The molecule has 21 heavy (non-hydrogen) atoms. The van der Waals surface area contributed by atoms with Crippen LogP contribution >= 0.6 is 0 Å². The molecular weight excluding hydrogens is 274 g/mol. The second-order valence-corrected chi connectivity index (χ2v) is 4.74. The van der Waals surface area contributed by atoms with E-state index < -0.39 is 11.6 Å². The lowest BCUT2D eigenvalue weighted by Crippen LogP contribution is -2.22. The molecule has 1 heterocycles. The summed E-state index contributed by atoms with van der Waals surface area (Å²) in [5.74, 6) is -1.62. The van der Waals surface area contributed by atoms with Crippen molar-refractivity contribution < 1.29 is 13.6 Å². The highest BCUT2D eigenvalue weighted by molar-refractivity contribution is 5.97. The van der Waals surface area contributed by atoms with Crippen molar-refractivity contribution in [3.05, 3.63) is 71.4 Å². The minimum atomic E-state index is -0.660. The van der Waals surface area contributed by atoms with E-state index in [4.69, 9.17) is 0 Å². The molecule has 0 saturated heterocycles. The molecule has 0 fully saturated rings. The Balaban J connectivity index is 1.73. The summed E-state index contributed by atoms with van der Waals surface area (Å²) in [6, 6.07) is 10.4. The van der Waals surface area contributed by atoms with Gasteiger partial charge in [0.15, 0.2) is 0 Å². The highest BCUT2D eigenvalue weighted by Gasteiger charge is 2.07. The number of aromatic nitrogens is 1. The summed E-state index contributed by atoms with van der Waals surface area (Å²) in [6.07, 6.45) is 1.79. The van der Waals surface area contributed by atoms with E-state index in [2.05, 4.69) is 10.3 Å². The summed E-state index contributed by atoms with van der Waals surface area (Å²) in [5.41, 5.74) is 1.73. The zero-order valence-electron chi connectivity index (χ0n) is 11.0. The van der Waals surface area contributed by atoms with E-state index in [1.807, 2.05) is 12.1 Å². The fraction of sp³-hybridized carbons (Fsp3) is 0.0625. The van der Waals surface area contributed by atoms with Gasteiger partial charge in [0, 0.05) is 29.9 Å². The van der Waals surface area contributed by atoms with E-state index >= 15 is 0 Å². The van der Waals surface area contributed by atoms with Crippen LogP contribution in [0.2, 0.25) is 0 Å². The number of halogens is 2. The second-order valence-electron chi connectivity index (χ2n) is 4.74. The van der Waals surface area contributed by atoms with Gasteiger partial charge >= 0.3 is 0 Å². The topological polar surface area (TPSA) is 44.9 Å². The first-order valence-electron chi connectivity index (χ1n) is 6.42. The summed E-state index contributed by atoms with van der Waals surface area (Å²) < 4.78 is 26.1. The Morgan fingerprint density at radius 3 is 2.57 bits per heavy atom. The van der Waals surface area contributed by atoms with Gasteiger partial charge < -0.3 is 10.3 Å². The molecule has 0 radical (unpaired) electrons. The van der Waals surface area contributed by atoms with Crippen molar-refractivity contribution in [2.45, 2.75) is 6.54 Å². The van der Waals surface area contributed by atoms with Gasteiger partial charge in [0.05, 0.1) is 0 Å². The van der Waals surface area contributed by atoms with Crippen molar-refractivity contribution in [2.24, 2.45) is 0 Å². The van der Waals surface area contributed by atoms with Crippen molar-refractivity contribution >= 4 is 16.8 Å². The first kappa shape index (κ1) is 13.3. The lowest BCUT2D eigenvalue weighted by atomic mass is 10.1. The number of rotatable bonds is 3. The van der Waals surface area contributed by atoms with Gasteiger partial charge in [-0.2, -0.15) is 0 Å². The van der Waals surface area contributed by atoms with Gasteiger partial charge in [0.2, 0.25) is 0 Å². The Morgan fingerprint density at radius 2 is 1.81 bits per heavy atom. The van der Waals surface area contributed by atoms with E-state index in [0.29, 0.717) is 11.1 Å². The Kier molecular flexibility index (Phi) is 3.39. The number of hydrogen-bond donors (Lipinski definition) is 2. The molecule has 1 aromatic heterocycles. The maximum absolute atomic E-state index is 13.1. The van der Waals surface area contributed by atoms with Crippen LogP contribution in [0.4, 0.5) is 8.78 Å². The molecule has 3 aromatic rings. The number of benzene rings is 2. The number of carbonyl (C=O) groups is 1. The van der Waals surface area contributed by atoms with Crippen molar-refractivity contribution in [3.8, 4) is 0 Å². The number of H-pyrrole nitrogens is 1. The van der Waals surface area contributed by atoms with Crippen LogP contribution < -0.4 is 5.32 Å². The van der Waals surface area contributed by atoms with Crippen LogP contribution in [0.1, 0.15) is 15.9 Å². The molecule has 3 rings (SSSR count). The lowest BCUT2D eigenvalue weighted by Gasteiger charge is -2.06. The highest BCUT2D eigenvalue weighted by atomic mass is 19.1. The van der Waals surface area contributed by atoms with Crippen LogP contribution in [0.25, 0.3) is 10.9 Å². The summed E-state index contributed by atoms with van der Waals surface area (Å²) in [4.78, 5) is 15.1. The lowest BCUT2D eigenvalue weighted by molar-refractivity contribution is 0.0951. The van der Waals surface area contributed by atoms with Crippen molar-refractivity contribution in [1.29, 1.82) is 0 Å². The third-order valence-corrected chi connectivity index (χ3v) is 3.19. The van der Waals surface area contributed by atoms with Gasteiger partial charge in [-0.1, -0.05) is 6.07 Å². The molecule has 2 N–H and O–H groups in total. The van der Waals surface area contributed by atoms with Crippen LogP contribution in [0.15, 0.2) is 48.7 Å². The van der Waals surface area contributed by atoms with Gasteiger partial charge in [0.25, 0.3) is 5.91 Å². The first-order chi connectivity index (χ1) is 10.1. The van der Waals surface area contributed by atoms with Crippen LogP contribution in [-0.2, 0) is 6.54 Å². The van der Waals surface area contributed by atoms with Gasteiger partial charge in [-0.15, -0.1) is 0 Å². The van der Waals surface area contributed by atoms with Gasteiger partial charge in [-0.05, 0) is 41.3 Å². The molecule has 106 valence electrons. The molecule has 0 atom stereocenters. The van der Waals surface area contributed by atoms with Crippen LogP contribution in [-0.4, -0.2) is 10.9 Å². The zero-order valence-corrected chi connectivity index (χ0v) is 11.0. The third-order valence-electron chi connectivity index (χ3n) is 3.19. The van der Waals surface area contributed by atoms with Gasteiger partial charge in [-0.3, -0.25) is 4.79 Å². The summed E-state index contributed by atoms with van der Waals surface area (Å²) in [7, 11) is 0. The number of amides is 1. The number of aromatic amines is 1. The maximum Gasteiger partial charge on any atom is 0.251 e. The van der Waals surface area contributed by atoms with Crippen molar-refractivity contribution in [3.63, 3.8) is 0 Å². The standard InChI is InChI=1S/C16H12F2N2O/c17-13-5-10(6-14(18)8-13)9-20-16(21)12-2-1-11-3-4-19-15(11)7-12/h1-8,19H,9H2,(H,20,21). The largest absolute Gasteiger partial charge is 0.361 e. The summed E-state index contributed by atoms with van der Waals surface area (Å²) in [5, 5.41) is 3.65. The predicted molar refractivity (Wildman–Crippen MR) is 75.8 cm³/mol. The Hall–Kier alpha value is -2.69. The van der Waals surface area contributed by atoms with E-state index in [9.17, 15) is 13.6 Å². The monoisotopic (exact) mass is 286 g/mol. The van der Waals surface area contributed by atoms with Gasteiger partial charge in [0.1, 0.15) is 11.6 Å². The Bertz CT molecular complexity index is 791. The van der Waals surface area contributed by atoms with Crippen molar-refractivity contribution in [1.82, 2.24) is 10.3 Å². The highest BCUT2D eigenvalue weighted by Crippen LogP contribution is 2.14. The van der Waals surface area contributed by atoms with Crippen LogP contribution in [0.3, 0.4) is 0 Å².